The van der Waals surface area contributed by atoms with E-state index in [1.165, 1.54) is 86.9 Å². The molecule has 546 valence electrons. The number of nitrogens with zero attached hydrogens (tertiary/aromatic N) is 6. The van der Waals surface area contributed by atoms with Gasteiger partial charge in [0.25, 0.3) is 11.8 Å². The van der Waals surface area contributed by atoms with Crippen LogP contribution in [0.3, 0.4) is 0 Å². The molecule has 0 spiro atoms. The Balaban J connectivity index is 1.05. The Labute approximate surface area is 599 Å². The summed E-state index contributed by atoms with van der Waals surface area (Å²) in [7, 11) is -14.8. The maximum atomic E-state index is 16.4. The molecule has 20 nitrogen and oxygen atoms in total. The van der Waals surface area contributed by atoms with E-state index in [-0.39, 0.29) is 45.2 Å². The monoisotopic (exact) mass is 1510 g/mol. The SMILES string of the molecule is Cc1ccc(S(=O)(=O)N(C)C/C=C(\C(=O)N(Cc2ccccc2)c2ccccc2OS(=O)(=O)C(F)(F)F)c2cccc3c2N[C@H]2N(C)CC[C@@]32[C@]23CCN(C)[C@H]2Nc2c(/C(=C\CN(C)S(=O)(=O)c4ccc(C)cc4)C(=O)N(Cc4ccccc4)c4ccccc4OS(=O)(=O)C(F)(F)F)cccc23)cc1. The van der Waals surface area contributed by atoms with Gasteiger partial charge in [-0.25, -0.2) is 16.8 Å². The fourth-order valence-corrected chi connectivity index (χ4v) is 17.7. The zero-order valence-electron chi connectivity index (χ0n) is 56.9. The second-order valence-corrected chi connectivity index (χ2v) is 33.2. The number of alkyl halides is 6. The van der Waals surface area contributed by atoms with E-state index in [9.17, 15) is 60.0 Å². The molecule has 4 atom stereocenters. The Morgan fingerprint density at radius 2 is 0.817 bits per heavy atom. The number of benzene rings is 8. The Bertz CT molecular complexity index is 4850. The lowest BCUT2D eigenvalue weighted by Gasteiger charge is -2.48. The van der Waals surface area contributed by atoms with Gasteiger partial charge < -0.3 is 28.8 Å². The highest BCUT2D eigenvalue weighted by atomic mass is 32.2. The van der Waals surface area contributed by atoms with E-state index in [1.54, 1.807) is 123 Å². The van der Waals surface area contributed by atoms with Gasteiger partial charge in [0.1, 0.15) is 0 Å². The molecule has 0 aromatic heterocycles. The van der Waals surface area contributed by atoms with Gasteiger partial charge in [0.15, 0.2) is 11.5 Å². The van der Waals surface area contributed by atoms with Gasteiger partial charge in [-0.2, -0.15) is 51.8 Å². The number of hydrogen-bond acceptors (Lipinski definition) is 16. The van der Waals surface area contributed by atoms with Crippen LogP contribution in [0.5, 0.6) is 11.5 Å². The predicted octanol–water partition coefficient (Wildman–Crippen LogP) is 12.0. The summed E-state index contributed by atoms with van der Waals surface area (Å²) >= 11 is 0. The zero-order valence-corrected chi connectivity index (χ0v) is 60.2. The fourth-order valence-electron chi connectivity index (χ4n) is 14.5. The molecular weight excluding hydrogens is 1440 g/mol. The standard InChI is InChI=1S/C74H72F6N8O12S4/c1-49-31-35-53(36-32-49)101(91,92)85(5)43-39-57(67(89)87(47-51-19-9-7-10-20-51)61-27-13-15-29-63(61)99-103(95,96)73(75,76)77)55-23-17-25-59-65(55)81-69-71(59,41-45-83(69)3)72-42-46-84(4)70(72)82-66-56(24-18-26-60(66)72)58(40-44-86(6)102(93,94)54-37-33-50(2)34-38-54)68(90)88(48-52-21-11-8-12-22-52)62-28-14-16-30-64(62)100-104(97,98)74(78,79)80/h7-40,69-70,81-82H,41-48H2,1-6H3/b57-39-,58-40+/t69-,70+,71+,72-/m0/s1. The Hall–Kier alpha value is -9.40. The first-order valence-electron chi connectivity index (χ1n) is 32.7. The Kier molecular flexibility index (Phi) is 20.2. The quantitative estimate of drug-likeness (QED) is 0.0262. The number of para-hydroxylation sites is 6. The van der Waals surface area contributed by atoms with Crippen LogP contribution < -0.4 is 28.8 Å². The summed E-state index contributed by atoms with van der Waals surface area (Å²) in [5.41, 5.74) is -9.97. The van der Waals surface area contributed by atoms with Crippen molar-refractivity contribution in [2.45, 2.75) is 83.7 Å². The topological polar surface area (TPSA) is 233 Å². The molecule has 0 aliphatic carbocycles. The highest BCUT2D eigenvalue weighted by Crippen LogP contribution is 2.67. The summed E-state index contributed by atoms with van der Waals surface area (Å²) in [5.74, 6) is -3.53. The van der Waals surface area contributed by atoms with Crippen molar-refractivity contribution in [3.05, 3.63) is 251 Å². The maximum absolute atomic E-state index is 16.4. The number of carbonyl (C=O) groups is 2. The number of likely N-dealkylation sites (tertiary alicyclic amines) is 2. The molecule has 2 amide bonds. The third-order valence-electron chi connectivity index (χ3n) is 19.7. The number of hydrogen-bond donors (Lipinski definition) is 2. The van der Waals surface area contributed by atoms with E-state index in [1.807, 2.05) is 26.2 Å². The second-order valence-electron chi connectivity index (χ2n) is 26.0. The maximum Gasteiger partial charge on any atom is 0.534 e. The van der Waals surface area contributed by atoms with Crippen molar-refractivity contribution >= 4 is 86.0 Å². The van der Waals surface area contributed by atoms with Crippen LogP contribution >= 0.6 is 0 Å². The van der Waals surface area contributed by atoms with E-state index < -0.39 is 122 Å². The number of sulfonamides is 2. The van der Waals surface area contributed by atoms with E-state index in [0.29, 0.717) is 59.6 Å². The summed E-state index contributed by atoms with van der Waals surface area (Å²) in [6, 6.07) is 49.1. The first kappa shape index (κ1) is 74.3. The lowest BCUT2D eigenvalue weighted by atomic mass is 9.55. The number of carbonyl (C=O) groups excluding carboxylic acids is 2. The van der Waals surface area contributed by atoms with Crippen molar-refractivity contribution in [2.24, 2.45) is 0 Å². The molecule has 0 bridgehead atoms. The first-order chi connectivity index (χ1) is 49.1. The highest BCUT2D eigenvalue weighted by molar-refractivity contribution is 7.89. The smallest absolute Gasteiger partial charge is 0.374 e. The van der Waals surface area contributed by atoms with Crippen LogP contribution in [-0.4, -0.2) is 142 Å². The molecule has 2 saturated heterocycles. The minimum absolute atomic E-state index is 0.0640. The van der Waals surface area contributed by atoms with Crippen molar-refractivity contribution in [3.63, 3.8) is 0 Å². The fraction of sp³-hybridized carbons (Fsp3) is 0.270. The van der Waals surface area contributed by atoms with Crippen molar-refractivity contribution in [1.29, 1.82) is 0 Å². The summed E-state index contributed by atoms with van der Waals surface area (Å²) < 4.78 is 206. The molecule has 4 heterocycles. The first-order valence-corrected chi connectivity index (χ1v) is 38.4. The number of halogens is 6. The van der Waals surface area contributed by atoms with Crippen LogP contribution in [0.2, 0.25) is 0 Å². The summed E-state index contributed by atoms with van der Waals surface area (Å²) in [4.78, 5) is 39.0. The molecule has 4 aliphatic rings. The number of aryl methyl sites for hydroxylation is 2. The van der Waals surface area contributed by atoms with Crippen molar-refractivity contribution < 1.29 is 78.0 Å². The van der Waals surface area contributed by atoms with Crippen LogP contribution in [0.15, 0.2) is 216 Å². The molecular formula is C74H72F6N8O12S4. The number of anilines is 4. The molecule has 2 fully saturated rings. The van der Waals surface area contributed by atoms with Gasteiger partial charge in [0, 0.05) is 84.8 Å². The highest BCUT2D eigenvalue weighted by Gasteiger charge is 2.72. The van der Waals surface area contributed by atoms with Crippen LogP contribution in [0, 0.1) is 13.8 Å². The molecule has 30 heteroatoms. The summed E-state index contributed by atoms with van der Waals surface area (Å²) in [5, 5.41) is 7.62. The van der Waals surface area contributed by atoms with Gasteiger partial charge in [0.2, 0.25) is 20.0 Å². The molecule has 0 radical (unpaired) electrons. The number of fused-ring (bicyclic) bond motifs is 7. The van der Waals surface area contributed by atoms with Crippen LogP contribution in [-0.2, 0) is 73.8 Å². The molecule has 12 rings (SSSR count). The van der Waals surface area contributed by atoms with Crippen molar-refractivity contribution in [1.82, 2.24) is 18.4 Å². The molecule has 2 N–H and O–H groups in total. The zero-order chi connectivity index (χ0) is 74.7. The molecule has 4 aliphatic heterocycles. The Morgan fingerprint density at radius 1 is 0.481 bits per heavy atom. The minimum atomic E-state index is -6.34. The number of rotatable bonds is 23. The van der Waals surface area contributed by atoms with E-state index in [2.05, 4.69) is 20.4 Å². The third-order valence-corrected chi connectivity index (χ3v) is 25.3. The molecule has 0 unspecified atom stereocenters. The average Bonchev–Trinajstić information content (AvgIpc) is 1.49. The molecule has 0 saturated carbocycles. The Morgan fingerprint density at radius 3 is 1.16 bits per heavy atom. The second kappa shape index (κ2) is 28.2. The van der Waals surface area contributed by atoms with Crippen molar-refractivity contribution in [2.75, 3.05) is 74.8 Å². The van der Waals surface area contributed by atoms with Crippen molar-refractivity contribution in [3.8, 4) is 11.5 Å². The number of amides is 2. The van der Waals surface area contributed by atoms with Gasteiger partial charge in [-0.05, 0) is 112 Å². The lowest BCUT2D eigenvalue weighted by Crippen LogP contribution is -2.60. The molecule has 8 aromatic carbocycles. The summed E-state index contributed by atoms with van der Waals surface area (Å²) in [6.45, 7) is 2.82. The van der Waals surface area contributed by atoms with Gasteiger partial charge in [-0.1, -0.05) is 169 Å². The normalized spacial score (nSPS) is 19.4. The average molecular weight is 1510 g/mol. The molecule has 104 heavy (non-hydrogen) atoms. The van der Waals surface area contributed by atoms with Crippen LogP contribution in [0.25, 0.3) is 11.1 Å². The summed E-state index contributed by atoms with van der Waals surface area (Å²) in [6.07, 6.45) is 2.33. The number of likely N-dealkylation sites (N-methyl/N-ethyl adjacent to an activating group) is 4. The minimum Gasteiger partial charge on any atom is -0.374 e. The van der Waals surface area contributed by atoms with Gasteiger partial charge in [-0.3, -0.25) is 19.4 Å². The van der Waals surface area contributed by atoms with Gasteiger partial charge in [0.05, 0.1) is 46.6 Å². The predicted molar refractivity (Wildman–Crippen MR) is 383 cm³/mol. The number of nitrogens with one attached hydrogen (secondary N) is 2. The van der Waals surface area contributed by atoms with E-state index >= 15 is 9.59 Å². The molecule has 8 aromatic rings. The third kappa shape index (κ3) is 13.5. The largest absolute Gasteiger partial charge is 0.534 e. The lowest BCUT2D eigenvalue weighted by molar-refractivity contribution is -0.114. The van der Waals surface area contributed by atoms with Gasteiger partial charge >= 0.3 is 31.3 Å². The van der Waals surface area contributed by atoms with E-state index in [4.69, 9.17) is 8.37 Å². The van der Waals surface area contributed by atoms with Crippen LogP contribution in [0.1, 0.15) is 57.3 Å². The van der Waals surface area contributed by atoms with Crippen LogP contribution in [0.4, 0.5) is 49.1 Å². The van der Waals surface area contributed by atoms with Gasteiger partial charge in [-0.15, -0.1) is 0 Å². The van der Waals surface area contributed by atoms with E-state index in [0.717, 1.165) is 41.7 Å².